The molecule has 1 amide bonds. The number of carbonyl (C=O) groups is 1. The van der Waals surface area contributed by atoms with E-state index in [4.69, 9.17) is 10.8 Å². The Bertz CT molecular complexity index is 363. The molecule has 0 fully saturated rings. The molecular weight excluding hydrogens is 238 g/mol. The van der Waals surface area contributed by atoms with Crippen molar-refractivity contribution >= 4 is 22.4 Å². The Balaban J connectivity index is 2.86. The summed E-state index contributed by atoms with van der Waals surface area (Å²) in [6.07, 6.45) is 1.73. The van der Waals surface area contributed by atoms with Gasteiger partial charge < -0.3 is 15.7 Å². The predicted molar refractivity (Wildman–Crippen MR) is 69.0 cm³/mol. The molecule has 0 radical (unpaired) electrons. The normalized spacial score (nSPS) is 10.8. The van der Waals surface area contributed by atoms with Gasteiger partial charge in [-0.2, -0.15) is 0 Å². The van der Waals surface area contributed by atoms with Gasteiger partial charge in [0.25, 0.3) is 5.91 Å². The van der Waals surface area contributed by atoms with Crippen molar-refractivity contribution < 1.29 is 9.90 Å². The smallest absolute Gasteiger partial charge is 0.273 e. The van der Waals surface area contributed by atoms with E-state index in [1.165, 1.54) is 11.3 Å². The van der Waals surface area contributed by atoms with Gasteiger partial charge in [-0.15, -0.1) is 11.3 Å². The topological polar surface area (TPSA) is 79.5 Å². The van der Waals surface area contributed by atoms with Crippen molar-refractivity contribution in [3.8, 4) is 0 Å². The van der Waals surface area contributed by atoms with Crippen molar-refractivity contribution in [2.45, 2.75) is 32.7 Å². The number of aromatic nitrogens is 1. The number of carbonyl (C=O) groups excluding carboxylic acids is 1. The van der Waals surface area contributed by atoms with E-state index in [0.717, 1.165) is 12.8 Å². The minimum Gasteiger partial charge on any atom is -0.395 e. The molecule has 0 unspecified atom stereocenters. The fourth-order valence-electron chi connectivity index (χ4n) is 1.82. The molecule has 1 rings (SSSR count). The summed E-state index contributed by atoms with van der Waals surface area (Å²) in [7, 11) is 0. The van der Waals surface area contributed by atoms with Crippen LogP contribution in [0.1, 0.15) is 37.2 Å². The predicted octanol–water partition coefficient (Wildman–Crippen LogP) is 1.35. The molecule has 0 spiro atoms. The highest BCUT2D eigenvalue weighted by molar-refractivity contribution is 7.13. The lowest BCUT2D eigenvalue weighted by atomic mass is 10.1. The molecule has 0 atom stereocenters. The zero-order valence-electron chi connectivity index (χ0n) is 10.2. The quantitative estimate of drug-likeness (QED) is 0.806. The first-order valence-corrected chi connectivity index (χ1v) is 6.64. The van der Waals surface area contributed by atoms with Crippen LogP contribution in [0.5, 0.6) is 0 Å². The maximum absolute atomic E-state index is 12.2. The Labute approximate surface area is 105 Å². The lowest BCUT2D eigenvalue weighted by Gasteiger charge is -2.29. The maximum atomic E-state index is 12.2. The first-order valence-electron chi connectivity index (χ1n) is 5.76. The fourth-order valence-corrected chi connectivity index (χ4v) is 2.36. The summed E-state index contributed by atoms with van der Waals surface area (Å²) in [4.78, 5) is 17.9. The standard InChI is InChI=1S/C11H19N3O2S/c1-3-8(4-2)14(5-6-15)10(16)9-7-17-11(12)13-9/h7-8,15H,3-6H2,1-2H3,(H2,12,13). The van der Waals surface area contributed by atoms with Crippen LogP contribution in [-0.4, -0.2) is 40.1 Å². The second-order valence-corrected chi connectivity index (χ2v) is 4.65. The van der Waals surface area contributed by atoms with Crippen LogP contribution in [0.2, 0.25) is 0 Å². The van der Waals surface area contributed by atoms with E-state index in [1.807, 2.05) is 13.8 Å². The molecule has 96 valence electrons. The number of nitrogens with two attached hydrogens (primary N) is 1. The molecule has 1 aromatic rings. The van der Waals surface area contributed by atoms with Gasteiger partial charge in [0.15, 0.2) is 5.13 Å². The van der Waals surface area contributed by atoms with Crippen LogP contribution in [0, 0.1) is 0 Å². The number of rotatable bonds is 6. The molecule has 6 heteroatoms. The van der Waals surface area contributed by atoms with E-state index in [9.17, 15) is 4.79 Å². The monoisotopic (exact) mass is 257 g/mol. The molecule has 5 nitrogen and oxygen atoms in total. The van der Waals surface area contributed by atoms with Crippen LogP contribution in [0.4, 0.5) is 5.13 Å². The first kappa shape index (κ1) is 13.9. The summed E-state index contributed by atoms with van der Waals surface area (Å²) in [6, 6.07) is 0.137. The maximum Gasteiger partial charge on any atom is 0.273 e. The largest absolute Gasteiger partial charge is 0.395 e. The fraction of sp³-hybridized carbons (Fsp3) is 0.636. The van der Waals surface area contributed by atoms with Crippen molar-refractivity contribution in [2.24, 2.45) is 0 Å². The van der Waals surface area contributed by atoms with Crippen LogP contribution in [0.3, 0.4) is 0 Å². The Morgan fingerprint density at radius 3 is 2.65 bits per heavy atom. The summed E-state index contributed by atoms with van der Waals surface area (Å²) in [6.45, 7) is 4.35. The third-order valence-corrected chi connectivity index (χ3v) is 3.40. The first-order chi connectivity index (χ1) is 8.13. The van der Waals surface area contributed by atoms with Gasteiger partial charge >= 0.3 is 0 Å². The number of amides is 1. The average molecular weight is 257 g/mol. The number of aliphatic hydroxyl groups excluding tert-OH is 1. The molecule has 0 bridgehead atoms. The Morgan fingerprint density at radius 2 is 2.24 bits per heavy atom. The van der Waals surface area contributed by atoms with E-state index in [2.05, 4.69) is 4.98 Å². The average Bonchev–Trinajstić information content (AvgIpc) is 2.75. The van der Waals surface area contributed by atoms with E-state index in [-0.39, 0.29) is 18.6 Å². The van der Waals surface area contributed by atoms with Crippen LogP contribution in [0.25, 0.3) is 0 Å². The van der Waals surface area contributed by atoms with Crippen molar-refractivity contribution in [3.63, 3.8) is 0 Å². The number of thiazole rings is 1. The molecule has 0 saturated heterocycles. The van der Waals surface area contributed by atoms with E-state index < -0.39 is 0 Å². The Morgan fingerprint density at radius 1 is 1.59 bits per heavy atom. The van der Waals surface area contributed by atoms with Gasteiger partial charge in [-0.3, -0.25) is 4.79 Å². The summed E-state index contributed by atoms with van der Waals surface area (Å²) in [5, 5.41) is 11.1. The minimum atomic E-state index is -0.152. The van der Waals surface area contributed by atoms with Crippen molar-refractivity contribution in [1.82, 2.24) is 9.88 Å². The van der Waals surface area contributed by atoms with E-state index in [1.54, 1.807) is 10.3 Å². The summed E-state index contributed by atoms with van der Waals surface area (Å²) in [5.41, 5.74) is 5.89. The lowest BCUT2D eigenvalue weighted by molar-refractivity contribution is 0.0617. The van der Waals surface area contributed by atoms with Crippen LogP contribution < -0.4 is 5.73 Å². The zero-order chi connectivity index (χ0) is 12.8. The second kappa shape index (κ2) is 6.56. The number of nitrogen functional groups attached to an aromatic ring is 1. The molecule has 17 heavy (non-hydrogen) atoms. The summed E-state index contributed by atoms with van der Waals surface area (Å²) >= 11 is 1.25. The van der Waals surface area contributed by atoms with Crippen LogP contribution in [0.15, 0.2) is 5.38 Å². The van der Waals surface area contributed by atoms with Crippen LogP contribution >= 0.6 is 11.3 Å². The molecule has 0 aliphatic rings. The second-order valence-electron chi connectivity index (χ2n) is 3.76. The van der Waals surface area contributed by atoms with Gasteiger partial charge in [0.2, 0.25) is 0 Å². The minimum absolute atomic E-state index is 0.0398. The number of aliphatic hydroxyl groups is 1. The molecule has 1 aromatic heterocycles. The molecule has 0 saturated carbocycles. The van der Waals surface area contributed by atoms with Gasteiger partial charge in [0.1, 0.15) is 5.69 Å². The molecule has 0 aliphatic carbocycles. The number of hydrogen-bond acceptors (Lipinski definition) is 5. The Hall–Kier alpha value is -1.14. The summed E-state index contributed by atoms with van der Waals surface area (Å²) in [5.74, 6) is -0.152. The highest BCUT2D eigenvalue weighted by Crippen LogP contribution is 2.16. The van der Waals surface area contributed by atoms with Gasteiger partial charge in [-0.05, 0) is 12.8 Å². The number of anilines is 1. The SMILES string of the molecule is CCC(CC)N(CCO)C(=O)c1csc(N)n1. The molecule has 1 heterocycles. The molecular formula is C11H19N3O2S. The number of nitrogens with zero attached hydrogens (tertiary/aromatic N) is 2. The lowest BCUT2D eigenvalue weighted by Crippen LogP contribution is -2.41. The van der Waals surface area contributed by atoms with Gasteiger partial charge in [0.05, 0.1) is 6.61 Å². The van der Waals surface area contributed by atoms with E-state index >= 15 is 0 Å². The van der Waals surface area contributed by atoms with Crippen molar-refractivity contribution in [3.05, 3.63) is 11.1 Å². The molecule has 3 N–H and O–H groups in total. The van der Waals surface area contributed by atoms with Crippen molar-refractivity contribution in [2.75, 3.05) is 18.9 Å². The van der Waals surface area contributed by atoms with Gasteiger partial charge in [-0.25, -0.2) is 4.98 Å². The molecule has 0 aromatic carbocycles. The van der Waals surface area contributed by atoms with Gasteiger partial charge in [-0.1, -0.05) is 13.8 Å². The molecule has 0 aliphatic heterocycles. The van der Waals surface area contributed by atoms with Gasteiger partial charge in [0, 0.05) is 18.0 Å². The summed E-state index contributed by atoms with van der Waals surface area (Å²) < 4.78 is 0. The van der Waals surface area contributed by atoms with E-state index in [0.29, 0.717) is 17.4 Å². The highest BCUT2D eigenvalue weighted by atomic mass is 32.1. The van der Waals surface area contributed by atoms with Crippen LogP contribution in [-0.2, 0) is 0 Å². The third-order valence-electron chi connectivity index (χ3n) is 2.73. The Kier molecular flexibility index (Phi) is 5.37. The van der Waals surface area contributed by atoms with Crippen molar-refractivity contribution in [1.29, 1.82) is 0 Å². The number of hydrogen-bond donors (Lipinski definition) is 2. The highest BCUT2D eigenvalue weighted by Gasteiger charge is 2.23. The third kappa shape index (κ3) is 3.41. The zero-order valence-corrected chi connectivity index (χ0v) is 11.0.